The number of hydrogen-bond acceptors (Lipinski definition) is 8. The van der Waals surface area contributed by atoms with E-state index in [-0.39, 0.29) is 29.6 Å². The van der Waals surface area contributed by atoms with E-state index in [9.17, 15) is 31.4 Å². The molecule has 0 saturated carbocycles. The molecule has 2 aromatic rings. The molecule has 2 aromatic carbocycles. The lowest BCUT2D eigenvalue weighted by Gasteiger charge is -2.17. The number of aliphatic hydroxyl groups is 1. The quantitative estimate of drug-likeness (QED) is 0.167. The summed E-state index contributed by atoms with van der Waals surface area (Å²) in [5.74, 6) is 1.23. The normalized spacial score (nSPS) is 20.3. The van der Waals surface area contributed by atoms with Gasteiger partial charge in [0, 0.05) is 17.7 Å². The van der Waals surface area contributed by atoms with Crippen LogP contribution in [0.15, 0.2) is 69.0 Å². The number of nitrogens with two attached hydrogens (primary N) is 1. The number of alkyl halides is 6. The summed E-state index contributed by atoms with van der Waals surface area (Å²) in [6.07, 6.45) is -7.44. The summed E-state index contributed by atoms with van der Waals surface area (Å²) in [5.41, 5.74) is 2.07. The minimum Gasteiger partial charge on any atom is -0.387 e. The molecule has 8 nitrogen and oxygen atoms in total. The summed E-state index contributed by atoms with van der Waals surface area (Å²) >= 11 is 0. The number of hydrogen-bond donors (Lipinski definition) is 3. The monoisotopic (exact) mass is 666 g/mol. The van der Waals surface area contributed by atoms with E-state index in [4.69, 9.17) is 10.5 Å². The van der Waals surface area contributed by atoms with Crippen LogP contribution >= 0.6 is 12.4 Å². The molecule has 252 valence electrons. The SMILES string of the molecule is CCC(C)CN.CCC(C)CNCC(O)c1ccc(C2(C(F)(F)F)N=N2)cc1.Cl.FC(F)(F)C1(c2ccc(C3CO3)cc2)N=N1. The molecule has 3 aliphatic rings. The summed E-state index contributed by atoms with van der Waals surface area (Å²) in [6.45, 7) is 11.1. The van der Waals surface area contributed by atoms with Crippen molar-refractivity contribution in [2.45, 2.75) is 76.4 Å². The molecule has 15 heteroatoms. The first-order chi connectivity index (χ1) is 20.6. The first kappa shape index (κ1) is 38.5. The Kier molecular flexibility index (Phi) is 13.5. The zero-order valence-electron chi connectivity index (χ0n) is 25.6. The number of nitrogens with one attached hydrogen (secondary N) is 1. The molecule has 3 aliphatic heterocycles. The van der Waals surface area contributed by atoms with Gasteiger partial charge in [0.25, 0.3) is 0 Å². The molecule has 3 heterocycles. The van der Waals surface area contributed by atoms with Crippen molar-refractivity contribution in [1.29, 1.82) is 0 Å². The minimum absolute atomic E-state index is 0. The lowest BCUT2D eigenvalue weighted by atomic mass is 9.99. The number of epoxide rings is 1. The highest BCUT2D eigenvalue weighted by molar-refractivity contribution is 5.85. The molecule has 0 aromatic heterocycles. The summed E-state index contributed by atoms with van der Waals surface area (Å²) < 4.78 is 81.6. The first-order valence-electron chi connectivity index (χ1n) is 14.6. The van der Waals surface area contributed by atoms with Gasteiger partial charge in [-0.2, -0.15) is 26.3 Å². The Morgan fingerprint density at radius 1 is 0.822 bits per heavy atom. The van der Waals surface area contributed by atoms with Crippen LogP contribution in [0.5, 0.6) is 0 Å². The van der Waals surface area contributed by atoms with Gasteiger partial charge in [-0.1, -0.05) is 89.1 Å². The van der Waals surface area contributed by atoms with Crippen molar-refractivity contribution in [2.75, 3.05) is 26.2 Å². The third-order valence-corrected chi connectivity index (χ3v) is 7.73. The highest BCUT2D eigenvalue weighted by Crippen LogP contribution is 2.53. The fourth-order valence-corrected chi connectivity index (χ4v) is 3.89. The number of rotatable bonds is 11. The van der Waals surface area contributed by atoms with E-state index in [1.807, 2.05) is 0 Å². The molecule has 4 unspecified atom stereocenters. The van der Waals surface area contributed by atoms with Crippen molar-refractivity contribution >= 4 is 12.4 Å². The van der Waals surface area contributed by atoms with Gasteiger partial charge in [0.1, 0.15) is 6.10 Å². The van der Waals surface area contributed by atoms with Crippen LogP contribution in [0, 0.1) is 11.8 Å². The Balaban J connectivity index is 0.000000268. The van der Waals surface area contributed by atoms with Crippen LogP contribution < -0.4 is 11.1 Å². The van der Waals surface area contributed by atoms with E-state index < -0.39 is 29.8 Å². The number of halogens is 7. The molecule has 0 spiro atoms. The van der Waals surface area contributed by atoms with E-state index in [1.54, 1.807) is 12.1 Å². The average molecular weight is 667 g/mol. The molecular formula is C30H41ClF6N6O2. The van der Waals surface area contributed by atoms with Gasteiger partial charge in [-0.3, -0.25) is 0 Å². The smallest absolute Gasteiger partial charge is 0.387 e. The third-order valence-electron chi connectivity index (χ3n) is 7.73. The number of nitrogens with zero attached hydrogens (tertiary/aromatic N) is 4. The summed E-state index contributed by atoms with van der Waals surface area (Å²) in [5, 5.41) is 25.8. The van der Waals surface area contributed by atoms with Crippen LogP contribution in [0.25, 0.3) is 0 Å². The van der Waals surface area contributed by atoms with Gasteiger partial charge < -0.3 is 20.9 Å². The van der Waals surface area contributed by atoms with Crippen LogP contribution in [0.3, 0.4) is 0 Å². The molecule has 1 saturated heterocycles. The molecule has 4 N–H and O–H groups in total. The van der Waals surface area contributed by atoms with Crippen molar-refractivity contribution in [2.24, 2.45) is 38.0 Å². The molecule has 45 heavy (non-hydrogen) atoms. The number of aliphatic hydroxyl groups excluding tert-OH is 1. The largest absolute Gasteiger partial charge is 0.442 e. The average Bonchev–Trinajstić information content (AvgIpc) is 3.84. The molecule has 0 aliphatic carbocycles. The molecule has 0 amide bonds. The van der Waals surface area contributed by atoms with Crippen molar-refractivity contribution in [1.82, 2.24) is 5.32 Å². The summed E-state index contributed by atoms with van der Waals surface area (Å²) in [4.78, 5) is 0. The number of benzene rings is 2. The summed E-state index contributed by atoms with van der Waals surface area (Å²) in [7, 11) is 0. The third kappa shape index (κ3) is 9.92. The fourth-order valence-electron chi connectivity index (χ4n) is 3.89. The van der Waals surface area contributed by atoms with Gasteiger partial charge in [-0.05, 0) is 36.1 Å². The Hall–Kier alpha value is -2.65. The minimum atomic E-state index is -4.52. The second-order valence-electron chi connectivity index (χ2n) is 11.2. The lowest BCUT2D eigenvalue weighted by Crippen LogP contribution is -2.30. The lowest BCUT2D eigenvalue weighted by molar-refractivity contribution is -0.166. The zero-order valence-corrected chi connectivity index (χ0v) is 26.4. The van der Waals surface area contributed by atoms with Crippen molar-refractivity contribution < 1.29 is 36.2 Å². The van der Waals surface area contributed by atoms with Crippen molar-refractivity contribution in [3.05, 3.63) is 70.8 Å². The fraction of sp³-hybridized carbons (Fsp3) is 0.600. The molecule has 0 bridgehead atoms. The highest BCUT2D eigenvalue weighted by Gasteiger charge is 2.65. The van der Waals surface area contributed by atoms with Gasteiger partial charge in [-0.15, -0.1) is 32.9 Å². The Morgan fingerprint density at radius 2 is 1.24 bits per heavy atom. The van der Waals surface area contributed by atoms with Gasteiger partial charge in [0.05, 0.1) is 12.7 Å². The Bertz CT molecular complexity index is 1240. The first-order valence-corrected chi connectivity index (χ1v) is 14.6. The maximum absolute atomic E-state index is 12.9. The van der Waals surface area contributed by atoms with Crippen LogP contribution in [0.2, 0.25) is 0 Å². The van der Waals surface area contributed by atoms with Crippen molar-refractivity contribution in [3.63, 3.8) is 0 Å². The van der Waals surface area contributed by atoms with E-state index in [0.717, 1.165) is 25.1 Å². The maximum Gasteiger partial charge on any atom is 0.442 e. The molecule has 1 fully saturated rings. The standard InChI is InChI=1S/C15H20F3N3O.C10H7F3N2O.C5H13N.ClH/c1-3-10(2)8-19-9-13(22)11-4-6-12(7-5-11)14(20-21-14)15(16,17)18;11-10(12,13)9(14-15-9)7-3-1-6(2-4-7)8-5-16-8;1-3-5(2)4-6;/h4-7,10,13,19,22H,3,8-9H2,1-2H3;1-4,8H,5H2;5H,3-4,6H2,1-2H3;1H. The molecule has 5 rings (SSSR count). The van der Waals surface area contributed by atoms with E-state index in [2.05, 4.69) is 53.5 Å². The van der Waals surface area contributed by atoms with Crippen LogP contribution in [-0.2, 0) is 16.1 Å². The molecular weight excluding hydrogens is 626 g/mol. The van der Waals surface area contributed by atoms with Gasteiger partial charge in [-0.25, -0.2) is 0 Å². The topological polar surface area (TPSA) is 120 Å². The highest BCUT2D eigenvalue weighted by atomic mass is 35.5. The van der Waals surface area contributed by atoms with Crippen LogP contribution in [0.1, 0.15) is 75.0 Å². The molecule has 4 atom stereocenters. The van der Waals surface area contributed by atoms with E-state index in [1.165, 1.54) is 42.8 Å². The molecule has 0 radical (unpaired) electrons. The number of ether oxygens (including phenoxy) is 1. The van der Waals surface area contributed by atoms with E-state index in [0.29, 0.717) is 30.6 Å². The second kappa shape index (κ2) is 15.8. The summed E-state index contributed by atoms with van der Waals surface area (Å²) in [6, 6.07) is 11.7. The predicted molar refractivity (Wildman–Crippen MR) is 160 cm³/mol. The van der Waals surface area contributed by atoms with Crippen LogP contribution in [-0.4, -0.2) is 43.7 Å². The van der Waals surface area contributed by atoms with Crippen LogP contribution in [0.4, 0.5) is 26.3 Å². The Labute approximate surface area is 265 Å². The van der Waals surface area contributed by atoms with Crippen molar-refractivity contribution in [3.8, 4) is 0 Å². The van der Waals surface area contributed by atoms with Gasteiger partial charge in [0.15, 0.2) is 0 Å². The zero-order chi connectivity index (χ0) is 32.8. The van der Waals surface area contributed by atoms with E-state index >= 15 is 0 Å². The Morgan fingerprint density at radius 3 is 1.56 bits per heavy atom. The predicted octanol–water partition coefficient (Wildman–Crippen LogP) is 7.89. The van der Waals surface area contributed by atoms with Gasteiger partial charge in [0.2, 0.25) is 0 Å². The second-order valence-corrected chi connectivity index (χ2v) is 11.2. The van der Waals surface area contributed by atoms with Gasteiger partial charge >= 0.3 is 23.7 Å². The maximum atomic E-state index is 12.9.